The van der Waals surface area contributed by atoms with E-state index in [2.05, 4.69) is 4.72 Å². The lowest BCUT2D eigenvalue weighted by Crippen LogP contribution is -2.13. The van der Waals surface area contributed by atoms with Crippen LogP contribution in [0.1, 0.15) is 5.56 Å². The van der Waals surface area contributed by atoms with E-state index in [0.29, 0.717) is 5.56 Å². The molecule has 0 aromatic heterocycles. The van der Waals surface area contributed by atoms with Crippen molar-refractivity contribution in [2.75, 3.05) is 10.5 Å². The molecule has 2 rings (SSSR count). The summed E-state index contributed by atoms with van der Waals surface area (Å²) in [7, 11) is -3.84. The third-order valence-corrected chi connectivity index (χ3v) is 4.30. The second-order valence-corrected chi connectivity index (χ2v) is 6.40. The average Bonchev–Trinajstić information content (AvgIpc) is 2.30. The summed E-state index contributed by atoms with van der Waals surface area (Å²) >= 11 is 5.74. The predicted molar refractivity (Wildman–Crippen MR) is 77.8 cm³/mol. The Morgan fingerprint density at radius 1 is 1.20 bits per heavy atom. The van der Waals surface area contributed by atoms with Crippen molar-refractivity contribution in [1.82, 2.24) is 0 Å². The Morgan fingerprint density at radius 3 is 2.50 bits per heavy atom. The van der Waals surface area contributed by atoms with Crippen LogP contribution in [-0.4, -0.2) is 8.42 Å². The Morgan fingerprint density at radius 2 is 1.90 bits per heavy atom. The van der Waals surface area contributed by atoms with E-state index in [-0.39, 0.29) is 21.3 Å². The van der Waals surface area contributed by atoms with Crippen molar-refractivity contribution >= 4 is 33.0 Å². The molecule has 106 valence electrons. The summed E-state index contributed by atoms with van der Waals surface area (Å²) in [6.07, 6.45) is 0. The molecule has 0 aliphatic rings. The molecule has 3 N–H and O–H groups in total. The first-order valence-corrected chi connectivity index (χ1v) is 7.49. The van der Waals surface area contributed by atoms with Crippen molar-refractivity contribution in [3.8, 4) is 0 Å². The molecule has 0 unspecified atom stereocenters. The maximum Gasteiger partial charge on any atom is 0.261 e. The highest BCUT2D eigenvalue weighted by Gasteiger charge is 2.16. The molecule has 0 saturated carbocycles. The smallest absolute Gasteiger partial charge is 0.261 e. The molecule has 0 heterocycles. The largest absolute Gasteiger partial charge is 0.397 e. The number of rotatable bonds is 3. The van der Waals surface area contributed by atoms with Gasteiger partial charge in [0.15, 0.2) is 0 Å². The summed E-state index contributed by atoms with van der Waals surface area (Å²) in [5.41, 5.74) is 6.49. The van der Waals surface area contributed by atoms with E-state index in [1.54, 1.807) is 6.92 Å². The SMILES string of the molecule is Cc1cc(F)cc(NS(=O)(=O)c2ccc(Cl)c(N)c2)c1. The van der Waals surface area contributed by atoms with Crippen LogP contribution in [0.2, 0.25) is 5.02 Å². The van der Waals surface area contributed by atoms with E-state index in [1.165, 1.54) is 30.3 Å². The van der Waals surface area contributed by atoms with E-state index >= 15 is 0 Å². The van der Waals surface area contributed by atoms with E-state index in [0.717, 1.165) is 6.07 Å². The Hall–Kier alpha value is -1.79. The van der Waals surface area contributed by atoms with E-state index in [4.69, 9.17) is 17.3 Å². The lowest BCUT2D eigenvalue weighted by Gasteiger charge is -2.10. The average molecular weight is 315 g/mol. The standard InChI is InChI=1S/C13H12ClFN2O2S/c1-8-4-9(15)6-10(5-8)17-20(18,19)11-2-3-12(14)13(16)7-11/h2-7,17H,16H2,1H3. The summed E-state index contributed by atoms with van der Waals surface area (Å²) in [5.74, 6) is -0.515. The Labute approximate surface area is 121 Å². The topological polar surface area (TPSA) is 72.2 Å². The normalized spacial score (nSPS) is 11.3. The predicted octanol–water partition coefficient (Wildman–Crippen LogP) is 3.17. The molecule has 20 heavy (non-hydrogen) atoms. The minimum Gasteiger partial charge on any atom is -0.397 e. The Kier molecular flexibility index (Phi) is 3.87. The number of sulfonamides is 1. The van der Waals surface area contributed by atoms with Crippen molar-refractivity contribution in [3.63, 3.8) is 0 Å². The molecule has 7 heteroatoms. The highest BCUT2D eigenvalue weighted by Crippen LogP contribution is 2.24. The highest BCUT2D eigenvalue weighted by molar-refractivity contribution is 7.92. The first-order valence-electron chi connectivity index (χ1n) is 5.63. The number of hydrogen-bond acceptors (Lipinski definition) is 3. The number of halogens is 2. The van der Waals surface area contributed by atoms with Gasteiger partial charge in [0, 0.05) is 0 Å². The van der Waals surface area contributed by atoms with Crippen LogP contribution >= 0.6 is 11.6 Å². The third kappa shape index (κ3) is 3.20. The molecular formula is C13H12ClFN2O2S. The summed E-state index contributed by atoms with van der Waals surface area (Å²) in [5, 5.41) is 0.269. The summed E-state index contributed by atoms with van der Waals surface area (Å²) in [4.78, 5) is -0.0404. The second-order valence-electron chi connectivity index (χ2n) is 4.31. The number of benzene rings is 2. The number of anilines is 2. The van der Waals surface area contributed by atoms with Crippen LogP contribution in [0.4, 0.5) is 15.8 Å². The van der Waals surface area contributed by atoms with Crippen LogP contribution in [0.5, 0.6) is 0 Å². The summed E-state index contributed by atoms with van der Waals surface area (Å²) in [6, 6.07) is 7.90. The van der Waals surface area contributed by atoms with Crippen molar-refractivity contribution in [3.05, 3.63) is 52.8 Å². The van der Waals surface area contributed by atoms with Gasteiger partial charge in [0.2, 0.25) is 0 Å². The molecule has 0 atom stereocenters. The van der Waals surface area contributed by atoms with E-state index in [1.807, 2.05) is 0 Å². The van der Waals surface area contributed by atoms with Gasteiger partial charge in [-0.1, -0.05) is 11.6 Å². The number of nitrogens with two attached hydrogens (primary N) is 1. The zero-order valence-electron chi connectivity index (χ0n) is 10.5. The van der Waals surface area contributed by atoms with Gasteiger partial charge in [-0.25, -0.2) is 12.8 Å². The molecule has 4 nitrogen and oxygen atoms in total. The monoisotopic (exact) mass is 314 g/mol. The van der Waals surface area contributed by atoms with Gasteiger partial charge >= 0.3 is 0 Å². The summed E-state index contributed by atoms with van der Waals surface area (Å²) in [6.45, 7) is 1.67. The molecule has 2 aromatic rings. The van der Waals surface area contributed by atoms with Gasteiger partial charge in [-0.15, -0.1) is 0 Å². The van der Waals surface area contributed by atoms with Gasteiger partial charge in [0.1, 0.15) is 5.82 Å². The van der Waals surface area contributed by atoms with Crippen LogP contribution in [0.15, 0.2) is 41.3 Å². The van der Waals surface area contributed by atoms with Gasteiger partial charge in [-0.05, 0) is 48.9 Å². The molecule has 0 fully saturated rings. The Bertz CT molecular complexity index is 743. The molecule has 0 bridgehead atoms. The van der Waals surface area contributed by atoms with Gasteiger partial charge in [0.05, 0.1) is 21.3 Å². The number of hydrogen-bond donors (Lipinski definition) is 2. The first-order chi connectivity index (χ1) is 9.28. The fourth-order valence-corrected chi connectivity index (χ4v) is 2.89. The third-order valence-electron chi connectivity index (χ3n) is 2.57. The molecule has 2 aromatic carbocycles. The molecule has 0 aliphatic carbocycles. The molecule has 0 amide bonds. The van der Waals surface area contributed by atoms with Crippen LogP contribution in [-0.2, 0) is 10.0 Å². The minimum atomic E-state index is -3.84. The Balaban J connectivity index is 2.37. The molecule has 0 spiro atoms. The van der Waals surface area contributed by atoms with Crippen molar-refractivity contribution < 1.29 is 12.8 Å². The quantitative estimate of drug-likeness (QED) is 0.855. The maximum absolute atomic E-state index is 13.3. The summed E-state index contributed by atoms with van der Waals surface area (Å²) < 4.78 is 39.9. The van der Waals surface area contributed by atoms with E-state index in [9.17, 15) is 12.8 Å². The van der Waals surface area contributed by atoms with Gasteiger partial charge in [0.25, 0.3) is 10.0 Å². The fraction of sp³-hybridized carbons (Fsp3) is 0.0769. The molecule has 0 aliphatic heterocycles. The number of nitrogen functional groups attached to an aromatic ring is 1. The van der Waals surface area contributed by atoms with Crippen LogP contribution in [0.3, 0.4) is 0 Å². The van der Waals surface area contributed by atoms with Crippen LogP contribution in [0, 0.1) is 12.7 Å². The lowest BCUT2D eigenvalue weighted by molar-refractivity contribution is 0.601. The number of aryl methyl sites for hydroxylation is 1. The zero-order chi connectivity index (χ0) is 14.9. The second kappa shape index (κ2) is 5.30. The highest BCUT2D eigenvalue weighted by atomic mass is 35.5. The molecule has 0 radical (unpaired) electrons. The number of nitrogens with one attached hydrogen (secondary N) is 1. The van der Waals surface area contributed by atoms with Crippen LogP contribution < -0.4 is 10.5 Å². The van der Waals surface area contributed by atoms with E-state index < -0.39 is 15.8 Å². The lowest BCUT2D eigenvalue weighted by atomic mass is 10.2. The van der Waals surface area contributed by atoms with Crippen molar-refractivity contribution in [2.45, 2.75) is 11.8 Å². The van der Waals surface area contributed by atoms with Gasteiger partial charge in [-0.3, -0.25) is 4.72 Å². The zero-order valence-corrected chi connectivity index (χ0v) is 12.1. The molecular weight excluding hydrogens is 303 g/mol. The molecule has 0 saturated heterocycles. The van der Waals surface area contributed by atoms with Crippen molar-refractivity contribution in [2.24, 2.45) is 0 Å². The van der Waals surface area contributed by atoms with Crippen LogP contribution in [0.25, 0.3) is 0 Å². The van der Waals surface area contributed by atoms with Gasteiger partial charge in [-0.2, -0.15) is 0 Å². The minimum absolute atomic E-state index is 0.0404. The van der Waals surface area contributed by atoms with Gasteiger partial charge < -0.3 is 5.73 Å². The maximum atomic E-state index is 13.3. The fourth-order valence-electron chi connectivity index (χ4n) is 1.70. The first kappa shape index (κ1) is 14.6. The van der Waals surface area contributed by atoms with Crippen molar-refractivity contribution in [1.29, 1.82) is 0 Å².